The number of halogens is 4. The first-order chi connectivity index (χ1) is 10.4. The van der Waals surface area contributed by atoms with Crippen molar-refractivity contribution in [2.75, 3.05) is 19.6 Å². The van der Waals surface area contributed by atoms with Gasteiger partial charge in [-0.2, -0.15) is 13.2 Å². The third-order valence-electron chi connectivity index (χ3n) is 4.04. The van der Waals surface area contributed by atoms with Crippen molar-refractivity contribution >= 4 is 22.6 Å². The Morgan fingerprint density at radius 1 is 1.23 bits per heavy atom. The summed E-state index contributed by atoms with van der Waals surface area (Å²) in [5, 5.41) is 9.22. The van der Waals surface area contributed by atoms with Crippen molar-refractivity contribution in [1.82, 2.24) is 19.7 Å². The largest absolute Gasteiger partial charge is 0.401 e. The van der Waals surface area contributed by atoms with Gasteiger partial charge in [-0.05, 0) is 44.0 Å². The molecule has 1 aliphatic heterocycles. The van der Waals surface area contributed by atoms with Crippen LogP contribution in [0.15, 0.2) is 18.3 Å². The zero-order chi connectivity index (χ0) is 15.7. The zero-order valence-electron chi connectivity index (χ0n) is 11.9. The number of likely N-dealkylation sites (tertiary alicyclic amines) is 1. The normalized spacial score (nSPS) is 18.2. The molecule has 0 bridgehead atoms. The van der Waals surface area contributed by atoms with E-state index >= 15 is 0 Å². The van der Waals surface area contributed by atoms with Crippen LogP contribution in [0.2, 0.25) is 5.15 Å². The first-order valence-electron chi connectivity index (χ1n) is 7.18. The molecule has 0 unspecified atom stereocenters. The lowest BCUT2D eigenvalue weighted by molar-refractivity contribution is -0.148. The van der Waals surface area contributed by atoms with Gasteiger partial charge in [0.25, 0.3) is 0 Å². The summed E-state index contributed by atoms with van der Waals surface area (Å²) in [6.45, 7) is 0.914. The summed E-state index contributed by atoms with van der Waals surface area (Å²) in [6.07, 6.45) is -0.663. The van der Waals surface area contributed by atoms with E-state index in [-0.39, 0.29) is 0 Å². The van der Waals surface area contributed by atoms with Crippen LogP contribution in [-0.4, -0.2) is 45.5 Å². The number of hydrogen-bond acceptors (Lipinski definition) is 3. The average molecular weight is 333 g/mol. The summed E-state index contributed by atoms with van der Waals surface area (Å²) in [5.41, 5.74) is 0.766. The molecule has 0 saturated carbocycles. The van der Waals surface area contributed by atoms with Crippen LogP contribution < -0.4 is 0 Å². The van der Waals surface area contributed by atoms with Gasteiger partial charge in [0, 0.05) is 18.1 Å². The lowest BCUT2D eigenvalue weighted by Gasteiger charge is -2.32. The molecule has 3 rings (SSSR count). The molecule has 0 atom stereocenters. The molecule has 0 amide bonds. The smallest absolute Gasteiger partial charge is 0.331 e. The van der Waals surface area contributed by atoms with Crippen LogP contribution in [0.3, 0.4) is 0 Å². The molecular weight excluding hydrogens is 317 g/mol. The third-order valence-corrected chi connectivity index (χ3v) is 4.23. The highest BCUT2D eigenvalue weighted by atomic mass is 35.5. The van der Waals surface area contributed by atoms with Gasteiger partial charge in [0.1, 0.15) is 0 Å². The number of piperidine rings is 1. The molecule has 1 fully saturated rings. The summed E-state index contributed by atoms with van der Waals surface area (Å²) < 4.78 is 39.1. The van der Waals surface area contributed by atoms with E-state index in [0.29, 0.717) is 24.2 Å². The van der Waals surface area contributed by atoms with Crippen LogP contribution in [0.25, 0.3) is 11.0 Å². The minimum Gasteiger partial charge on any atom is -0.331 e. The summed E-state index contributed by atoms with van der Waals surface area (Å²) in [4.78, 5) is 1.48. The number of aromatic nitrogens is 3. The van der Waals surface area contributed by atoms with Crippen molar-refractivity contribution in [3.05, 3.63) is 23.5 Å². The molecule has 8 heteroatoms. The van der Waals surface area contributed by atoms with Crippen LogP contribution >= 0.6 is 11.6 Å². The van der Waals surface area contributed by atoms with E-state index in [1.165, 1.54) is 4.90 Å². The van der Waals surface area contributed by atoms with Crippen molar-refractivity contribution in [3.8, 4) is 0 Å². The molecule has 2 aromatic rings. The molecule has 4 nitrogen and oxygen atoms in total. The van der Waals surface area contributed by atoms with E-state index in [1.54, 1.807) is 6.07 Å². The molecule has 22 heavy (non-hydrogen) atoms. The molecule has 0 aromatic carbocycles. The molecule has 0 spiro atoms. The highest BCUT2D eigenvalue weighted by molar-refractivity contribution is 6.29. The molecule has 1 aliphatic rings. The highest BCUT2D eigenvalue weighted by Crippen LogP contribution is 2.25. The van der Waals surface area contributed by atoms with E-state index in [1.807, 2.05) is 16.8 Å². The predicted octanol–water partition coefficient (Wildman–Crippen LogP) is 3.36. The lowest BCUT2D eigenvalue weighted by Crippen LogP contribution is -2.40. The monoisotopic (exact) mass is 332 g/mol. The Labute approximate surface area is 130 Å². The second kappa shape index (κ2) is 6.04. The molecule has 1 saturated heterocycles. The minimum atomic E-state index is -4.11. The second-order valence-electron chi connectivity index (χ2n) is 5.75. The maximum Gasteiger partial charge on any atom is 0.401 e. The maximum absolute atomic E-state index is 12.4. The van der Waals surface area contributed by atoms with E-state index in [2.05, 4.69) is 10.2 Å². The fourth-order valence-electron chi connectivity index (χ4n) is 2.97. The van der Waals surface area contributed by atoms with Crippen molar-refractivity contribution in [2.45, 2.75) is 25.6 Å². The first-order valence-corrected chi connectivity index (χ1v) is 7.56. The Morgan fingerprint density at radius 2 is 1.95 bits per heavy atom. The van der Waals surface area contributed by atoms with Crippen LogP contribution in [0, 0.1) is 5.92 Å². The fourth-order valence-corrected chi connectivity index (χ4v) is 3.12. The molecule has 0 N–H and O–H groups in total. The SMILES string of the molecule is FC(F)(F)CN1CCC(Cn2ccc3cc(Cl)nnc32)CC1. The first kappa shape index (κ1) is 15.6. The van der Waals surface area contributed by atoms with Crippen molar-refractivity contribution in [1.29, 1.82) is 0 Å². The topological polar surface area (TPSA) is 34.0 Å². The second-order valence-corrected chi connectivity index (χ2v) is 6.14. The van der Waals surface area contributed by atoms with Gasteiger partial charge < -0.3 is 4.57 Å². The Morgan fingerprint density at radius 3 is 2.64 bits per heavy atom. The van der Waals surface area contributed by atoms with Crippen LogP contribution in [0.4, 0.5) is 13.2 Å². The number of alkyl halides is 3. The van der Waals surface area contributed by atoms with E-state index < -0.39 is 12.7 Å². The van der Waals surface area contributed by atoms with Gasteiger partial charge >= 0.3 is 6.18 Å². The molecule has 0 aliphatic carbocycles. The van der Waals surface area contributed by atoms with E-state index in [0.717, 1.165) is 30.4 Å². The van der Waals surface area contributed by atoms with Gasteiger partial charge in [-0.1, -0.05) is 11.6 Å². The Bertz CT molecular complexity index is 647. The van der Waals surface area contributed by atoms with Gasteiger partial charge in [0.05, 0.1) is 6.54 Å². The zero-order valence-corrected chi connectivity index (χ0v) is 12.6. The van der Waals surface area contributed by atoms with Gasteiger partial charge in [-0.3, -0.25) is 4.90 Å². The number of fused-ring (bicyclic) bond motifs is 1. The molecule has 3 heterocycles. The summed E-state index contributed by atoms with van der Waals surface area (Å²) >= 11 is 5.81. The summed E-state index contributed by atoms with van der Waals surface area (Å²) in [6, 6.07) is 3.68. The predicted molar refractivity (Wildman–Crippen MR) is 77.8 cm³/mol. The van der Waals surface area contributed by atoms with Crippen molar-refractivity contribution < 1.29 is 13.2 Å². The number of hydrogen-bond donors (Lipinski definition) is 0. The standard InChI is InChI=1S/C14H16ClF3N4/c15-12-7-11-3-6-22(13(11)20-19-12)8-10-1-4-21(5-2-10)9-14(16,17)18/h3,6-7,10H,1-2,4-5,8-9H2. The Hall–Kier alpha value is -1.34. The Balaban J connectivity index is 1.60. The Kier molecular flexibility index (Phi) is 4.27. The minimum absolute atomic E-state index is 0.353. The highest BCUT2D eigenvalue weighted by Gasteiger charge is 2.32. The lowest BCUT2D eigenvalue weighted by atomic mass is 9.97. The molecule has 120 valence electrons. The van der Waals surface area contributed by atoms with Gasteiger partial charge in [0.15, 0.2) is 10.8 Å². The molecular formula is C14H16ClF3N4. The summed E-state index contributed by atoms with van der Waals surface area (Å²) in [7, 11) is 0. The van der Waals surface area contributed by atoms with Crippen LogP contribution in [0.5, 0.6) is 0 Å². The fraction of sp³-hybridized carbons (Fsp3) is 0.571. The van der Waals surface area contributed by atoms with E-state index in [4.69, 9.17) is 11.6 Å². The number of nitrogens with zero attached hydrogens (tertiary/aromatic N) is 4. The van der Waals surface area contributed by atoms with E-state index in [9.17, 15) is 13.2 Å². The molecule has 2 aromatic heterocycles. The van der Waals surface area contributed by atoms with Crippen LogP contribution in [-0.2, 0) is 6.54 Å². The van der Waals surface area contributed by atoms with Gasteiger partial charge in [-0.25, -0.2) is 0 Å². The quantitative estimate of drug-likeness (QED) is 0.864. The van der Waals surface area contributed by atoms with Crippen LogP contribution in [0.1, 0.15) is 12.8 Å². The summed E-state index contributed by atoms with van der Waals surface area (Å²) in [5.74, 6) is 0.359. The third kappa shape index (κ3) is 3.70. The molecule has 0 radical (unpaired) electrons. The van der Waals surface area contributed by atoms with Crippen molar-refractivity contribution in [3.63, 3.8) is 0 Å². The maximum atomic E-state index is 12.4. The average Bonchev–Trinajstić information content (AvgIpc) is 2.81. The van der Waals surface area contributed by atoms with Gasteiger partial charge in [0.2, 0.25) is 0 Å². The van der Waals surface area contributed by atoms with Crippen molar-refractivity contribution in [2.24, 2.45) is 5.92 Å². The van der Waals surface area contributed by atoms with Gasteiger partial charge in [-0.15, -0.1) is 10.2 Å². The number of rotatable bonds is 3.